The van der Waals surface area contributed by atoms with Crippen LogP contribution in [0.25, 0.3) is 5.52 Å². The number of fused-ring (bicyclic) bond motifs is 1. The van der Waals surface area contributed by atoms with E-state index in [1.807, 2.05) is 10.6 Å². The molecule has 1 saturated carbocycles. The summed E-state index contributed by atoms with van der Waals surface area (Å²) >= 11 is 3.41. The van der Waals surface area contributed by atoms with E-state index in [-0.39, 0.29) is 0 Å². The molecule has 0 radical (unpaired) electrons. The average molecular weight is 265 g/mol. The topological polar surface area (TPSA) is 34.4 Å². The summed E-state index contributed by atoms with van der Waals surface area (Å²) in [6, 6.07) is 5.70. The number of hydrogen-bond donors (Lipinski definition) is 0. The Hall–Kier alpha value is -1.16. The predicted octanol–water partition coefficient (Wildman–Crippen LogP) is 2.79. The van der Waals surface area contributed by atoms with E-state index in [0.29, 0.717) is 11.5 Å². The van der Waals surface area contributed by atoms with E-state index >= 15 is 0 Å². The molecule has 0 amide bonds. The molecule has 0 atom stereocenters. The fraction of sp³-hybridized carbons (Fsp3) is 0.273. The minimum Gasteiger partial charge on any atom is -0.298 e. The Balaban J connectivity index is 2.23. The Bertz CT molecular complexity index is 543. The number of aldehydes is 1. The van der Waals surface area contributed by atoms with Gasteiger partial charge in [0.25, 0.3) is 0 Å². The standard InChI is InChI=1S/C11H9BrN2O/c12-11-4-7(6-15)3-9-5-10(8-1-2-8)13-14(9)11/h3-6,8H,1-2H2. The predicted molar refractivity (Wildman–Crippen MR) is 60.3 cm³/mol. The van der Waals surface area contributed by atoms with Crippen LogP contribution in [0.5, 0.6) is 0 Å². The van der Waals surface area contributed by atoms with Gasteiger partial charge in [0.1, 0.15) is 10.9 Å². The van der Waals surface area contributed by atoms with Crippen LogP contribution in [-0.2, 0) is 0 Å². The molecule has 0 saturated heterocycles. The first kappa shape index (κ1) is 9.09. The van der Waals surface area contributed by atoms with Gasteiger partial charge in [0.05, 0.1) is 11.2 Å². The Labute approximate surface area is 95.2 Å². The zero-order chi connectivity index (χ0) is 10.4. The number of carbonyl (C=O) groups excluding carboxylic acids is 1. The van der Waals surface area contributed by atoms with Gasteiger partial charge in [-0.05, 0) is 47.0 Å². The highest BCUT2D eigenvalue weighted by Crippen LogP contribution is 2.39. The number of halogens is 1. The first-order chi connectivity index (χ1) is 7.28. The highest BCUT2D eigenvalue weighted by molar-refractivity contribution is 9.10. The summed E-state index contributed by atoms with van der Waals surface area (Å²) < 4.78 is 2.66. The number of rotatable bonds is 2. The van der Waals surface area contributed by atoms with Gasteiger partial charge in [-0.3, -0.25) is 4.79 Å². The minimum atomic E-state index is 0.636. The maximum atomic E-state index is 10.7. The van der Waals surface area contributed by atoms with Crippen LogP contribution in [0.1, 0.15) is 34.8 Å². The van der Waals surface area contributed by atoms with Crippen molar-refractivity contribution in [2.45, 2.75) is 18.8 Å². The zero-order valence-corrected chi connectivity index (χ0v) is 9.57. The molecular weight excluding hydrogens is 256 g/mol. The molecule has 0 unspecified atom stereocenters. The quantitative estimate of drug-likeness (QED) is 0.618. The first-order valence-corrected chi connectivity index (χ1v) is 5.71. The molecule has 15 heavy (non-hydrogen) atoms. The molecule has 0 aliphatic heterocycles. The van der Waals surface area contributed by atoms with Crippen LogP contribution in [0.3, 0.4) is 0 Å². The molecule has 0 spiro atoms. The Kier molecular flexibility index (Phi) is 1.92. The average Bonchev–Trinajstić information content (AvgIpc) is 2.98. The van der Waals surface area contributed by atoms with Gasteiger partial charge in [-0.25, -0.2) is 4.52 Å². The van der Waals surface area contributed by atoms with E-state index in [9.17, 15) is 4.79 Å². The molecule has 1 aliphatic rings. The van der Waals surface area contributed by atoms with Crippen LogP contribution in [0.4, 0.5) is 0 Å². The van der Waals surface area contributed by atoms with Crippen molar-refractivity contribution in [3.8, 4) is 0 Å². The van der Waals surface area contributed by atoms with E-state index in [1.165, 1.54) is 12.8 Å². The number of aromatic nitrogens is 2. The summed E-state index contributed by atoms with van der Waals surface area (Å²) in [5.74, 6) is 0.636. The molecule has 1 aliphatic carbocycles. The summed E-state index contributed by atoms with van der Waals surface area (Å²) in [5.41, 5.74) is 2.80. The number of pyridine rings is 1. The van der Waals surface area contributed by atoms with E-state index in [0.717, 1.165) is 22.1 Å². The lowest BCUT2D eigenvalue weighted by molar-refractivity contribution is 0.112. The highest BCUT2D eigenvalue weighted by Gasteiger charge is 2.26. The highest BCUT2D eigenvalue weighted by atomic mass is 79.9. The maximum absolute atomic E-state index is 10.7. The molecule has 0 aromatic carbocycles. The largest absolute Gasteiger partial charge is 0.298 e. The fourth-order valence-corrected chi connectivity index (χ4v) is 2.29. The molecule has 2 heterocycles. The normalized spacial score (nSPS) is 15.8. The molecule has 1 fully saturated rings. The fourth-order valence-electron chi connectivity index (χ4n) is 1.75. The van der Waals surface area contributed by atoms with Crippen molar-refractivity contribution in [3.63, 3.8) is 0 Å². The smallest absolute Gasteiger partial charge is 0.150 e. The van der Waals surface area contributed by atoms with E-state index < -0.39 is 0 Å². The molecule has 76 valence electrons. The first-order valence-electron chi connectivity index (χ1n) is 4.92. The van der Waals surface area contributed by atoms with Gasteiger partial charge in [-0.1, -0.05) is 0 Å². The molecular formula is C11H9BrN2O. The van der Waals surface area contributed by atoms with E-state index in [2.05, 4.69) is 27.1 Å². The van der Waals surface area contributed by atoms with Crippen LogP contribution in [0, 0.1) is 0 Å². The summed E-state index contributed by atoms with van der Waals surface area (Å²) in [6.07, 6.45) is 3.33. The molecule has 2 aromatic heterocycles. The number of nitrogens with zero attached hydrogens (tertiary/aromatic N) is 2. The van der Waals surface area contributed by atoms with E-state index in [1.54, 1.807) is 6.07 Å². The Morgan fingerprint density at radius 2 is 2.20 bits per heavy atom. The lowest BCUT2D eigenvalue weighted by Gasteiger charge is -1.97. The molecule has 3 rings (SSSR count). The Morgan fingerprint density at radius 1 is 1.40 bits per heavy atom. The van der Waals surface area contributed by atoms with Gasteiger partial charge in [0, 0.05) is 11.5 Å². The second kappa shape index (κ2) is 3.17. The maximum Gasteiger partial charge on any atom is 0.150 e. The number of hydrogen-bond acceptors (Lipinski definition) is 2. The SMILES string of the molecule is O=Cc1cc(Br)n2nc(C3CC3)cc2c1. The van der Waals surface area contributed by atoms with Crippen molar-refractivity contribution in [2.24, 2.45) is 0 Å². The van der Waals surface area contributed by atoms with Crippen LogP contribution in [0.2, 0.25) is 0 Å². The monoisotopic (exact) mass is 264 g/mol. The third-order valence-electron chi connectivity index (χ3n) is 2.69. The van der Waals surface area contributed by atoms with Crippen molar-refractivity contribution in [1.82, 2.24) is 9.61 Å². The van der Waals surface area contributed by atoms with Gasteiger partial charge in [0.15, 0.2) is 0 Å². The van der Waals surface area contributed by atoms with Crippen molar-refractivity contribution in [3.05, 3.63) is 34.1 Å². The second-order valence-corrected chi connectivity index (χ2v) is 4.72. The molecule has 4 heteroatoms. The third kappa shape index (κ3) is 1.49. The van der Waals surface area contributed by atoms with Crippen molar-refractivity contribution < 1.29 is 4.79 Å². The second-order valence-electron chi connectivity index (χ2n) is 3.91. The van der Waals surface area contributed by atoms with Crippen LogP contribution >= 0.6 is 15.9 Å². The Morgan fingerprint density at radius 3 is 2.87 bits per heavy atom. The summed E-state index contributed by atoms with van der Waals surface area (Å²) in [5, 5.41) is 4.50. The zero-order valence-electron chi connectivity index (χ0n) is 7.98. The molecule has 0 N–H and O–H groups in total. The lowest BCUT2D eigenvalue weighted by Crippen LogP contribution is -1.92. The summed E-state index contributed by atoms with van der Waals surface area (Å²) in [4.78, 5) is 10.7. The molecule has 3 nitrogen and oxygen atoms in total. The van der Waals surface area contributed by atoms with Gasteiger partial charge >= 0.3 is 0 Å². The van der Waals surface area contributed by atoms with Crippen molar-refractivity contribution in [1.29, 1.82) is 0 Å². The van der Waals surface area contributed by atoms with Crippen LogP contribution in [-0.4, -0.2) is 15.9 Å². The van der Waals surface area contributed by atoms with Crippen molar-refractivity contribution >= 4 is 27.7 Å². The lowest BCUT2D eigenvalue weighted by atomic mass is 10.2. The van der Waals surface area contributed by atoms with Crippen LogP contribution in [0.15, 0.2) is 22.8 Å². The van der Waals surface area contributed by atoms with Gasteiger partial charge in [-0.15, -0.1) is 0 Å². The van der Waals surface area contributed by atoms with Gasteiger partial charge in [0.2, 0.25) is 0 Å². The molecule has 0 bridgehead atoms. The number of carbonyl (C=O) groups is 1. The van der Waals surface area contributed by atoms with E-state index in [4.69, 9.17) is 0 Å². The summed E-state index contributed by atoms with van der Waals surface area (Å²) in [6.45, 7) is 0. The minimum absolute atomic E-state index is 0.636. The van der Waals surface area contributed by atoms with Crippen LogP contribution < -0.4 is 0 Å². The van der Waals surface area contributed by atoms with Crippen molar-refractivity contribution in [2.75, 3.05) is 0 Å². The summed E-state index contributed by atoms with van der Waals surface area (Å²) in [7, 11) is 0. The third-order valence-corrected chi connectivity index (χ3v) is 3.26. The van der Waals surface area contributed by atoms with Gasteiger partial charge < -0.3 is 0 Å². The molecule has 2 aromatic rings. The van der Waals surface area contributed by atoms with Gasteiger partial charge in [-0.2, -0.15) is 5.10 Å².